The first kappa shape index (κ1) is 14.5. The molecule has 2 N–H and O–H groups in total. The lowest BCUT2D eigenvalue weighted by Crippen LogP contribution is -2.41. The van der Waals surface area contributed by atoms with E-state index in [-0.39, 0.29) is 12.1 Å². The molecule has 0 aliphatic heterocycles. The number of aliphatic hydroxyl groups excluding tert-OH is 1. The lowest BCUT2D eigenvalue weighted by molar-refractivity contribution is 0.0900. The molecule has 0 spiro atoms. The van der Waals surface area contributed by atoms with Gasteiger partial charge in [-0.1, -0.05) is 37.1 Å². The summed E-state index contributed by atoms with van der Waals surface area (Å²) in [7, 11) is 0. The second-order valence-electron chi connectivity index (χ2n) is 5.25. The minimum absolute atomic E-state index is 0.187. The minimum atomic E-state index is -0.187. The molecule has 1 aliphatic carbocycles. The first-order chi connectivity index (χ1) is 9.31. The minimum Gasteiger partial charge on any atom is -0.392 e. The van der Waals surface area contributed by atoms with E-state index in [9.17, 15) is 5.11 Å². The Morgan fingerprint density at radius 3 is 2.68 bits per heavy atom. The number of benzene rings is 1. The molecule has 1 aromatic rings. The molecule has 19 heavy (non-hydrogen) atoms. The van der Waals surface area contributed by atoms with Crippen LogP contribution in [0.1, 0.15) is 43.7 Å². The molecule has 106 valence electrons. The number of aliphatic hydroxyl groups is 1. The fourth-order valence-corrected chi connectivity index (χ4v) is 2.67. The molecule has 0 saturated heterocycles. The molecule has 0 amide bonds. The predicted octanol–water partition coefficient (Wildman–Crippen LogP) is 2.62. The van der Waals surface area contributed by atoms with E-state index in [0.717, 1.165) is 32.4 Å². The predicted molar refractivity (Wildman–Crippen MR) is 76.9 cm³/mol. The van der Waals surface area contributed by atoms with Crippen LogP contribution in [0.15, 0.2) is 24.3 Å². The van der Waals surface area contributed by atoms with Gasteiger partial charge in [-0.15, -0.1) is 0 Å². The standard InChI is InChI=1S/C16H25NO2/c1-2-19-12-14-8-4-3-7-13(14)11-17-15-9-5-6-10-16(15)18/h3-4,7-8,15-18H,2,5-6,9-12H2,1H3. The Balaban J connectivity index is 1.91. The van der Waals surface area contributed by atoms with Gasteiger partial charge >= 0.3 is 0 Å². The molecule has 0 heterocycles. The van der Waals surface area contributed by atoms with Gasteiger partial charge in [0.05, 0.1) is 12.7 Å². The fraction of sp³-hybridized carbons (Fsp3) is 0.625. The highest BCUT2D eigenvalue weighted by Gasteiger charge is 2.22. The third kappa shape index (κ3) is 4.30. The zero-order chi connectivity index (χ0) is 13.5. The number of rotatable bonds is 6. The number of hydrogen-bond acceptors (Lipinski definition) is 3. The highest BCUT2D eigenvalue weighted by Crippen LogP contribution is 2.19. The van der Waals surface area contributed by atoms with Gasteiger partial charge < -0.3 is 15.2 Å². The van der Waals surface area contributed by atoms with Crippen LogP contribution in [0.3, 0.4) is 0 Å². The summed E-state index contributed by atoms with van der Waals surface area (Å²) in [6, 6.07) is 8.60. The fourth-order valence-electron chi connectivity index (χ4n) is 2.67. The van der Waals surface area contributed by atoms with E-state index in [4.69, 9.17) is 4.74 Å². The zero-order valence-corrected chi connectivity index (χ0v) is 11.8. The molecule has 1 aliphatic rings. The number of nitrogens with one attached hydrogen (secondary N) is 1. The van der Waals surface area contributed by atoms with E-state index in [1.165, 1.54) is 17.5 Å². The van der Waals surface area contributed by atoms with E-state index in [1.54, 1.807) is 0 Å². The number of ether oxygens (including phenoxy) is 1. The van der Waals surface area contributed by atoms with Crippen molar-refractivity contribution in [2.45, 2.75) is 57.9 Å². The molecular formula is C16H25NO2. The molecule has 3 heteroatoms. The summed E-state index contributed by atoms with van der Waals surface area (Å²) in [5.74, 6) is 0. The van der Waals surface area contributed by atoms with E-state index in [2.05, 4.69) is 23.5 Å². The maximum atomic E-state index is 9.97. The van der Waals surface area contributed by atoms with Crippen molar-refractivity contribution < 1.29 is 9.84 Å². The third-order valence-electron chi connectivity index (χ3n) is 3.86. The smallest absolute Gasteiger partial charge is 0.0719 e. The molecular weight excluding hydrogens is 238 g/mol. The second kappa shape index (κ2) is 7.63. The van der Waals surface area contributed by atoms with Crippen LogP contribution >= 0.6 is 0 Å². The summed E-state index contributed by atoms with van der Waals surface area (Å²) in [6.45, 7) is 4.23. The Morgan fingerprint density at radius 1 is 1.21 bits per heavy atom. The summed E-state index contributed by atoms with van der Waals surface area (Å²) in [5.41, 5.74) is 2.51. The second-order valence-corrected chi connectivity index (χ2v) is 5.25. The van der Waals surface area contributed by atoms with Crippen LogP contribution in [0.4, 0.5) is 0 Å². The topological polar surface area (TPSA) is 41.5 Å². The summed E-state index contributed by atoms with van der Waals surface area (Å²) < 4.78 is 5.50. The van der Waals surface area contributed by atoms with Gasteiger partial charge in [0.2, 0.25) is 0 Å². The highest BCUT2D eigenvalue weighted by molar-refractivity contribution is 5.26. The van der Waals surface area contributed by atoms with Gasteiger partial charge in [-0.05, 0) is 30.9 Å². The lowest BCUT2D eigenvalue weighted by Gasteiger charge is -2.28. The maximum Gasteiger partial charge on any atom is 0.0719 e. The van der Waals surface area contributed by atoms with Gasteiger partial charge in [0, 0.05) is 19.2 Å². The van der Waals surface area contributed by atoms with Crippen LogP contribution < -0.4 is 5.32 Å². The van der Waals surface area contributed by atoms with Crippen molar-refractivity contribution >= 4 is 0 Å². The van der Waals surface area contributed by atoms with E-state index in [0.29, 0.717) is 6.61 Å². The first-order valence-corrected chi connectivity index (χ1v) is 7.37. The van der Waals surface area contributed by atoms with Crippen molar-refractivity contribution in [2.24, 2.45) is 0 Å². The Morgan fingerprint density at radius 2 is 1.95 bits per heavy atom. The van der Waals surface area contributed by atoms with Crippen molar-refractivity contribution in [2.75, 3.05) is 6.61 Å². The summed E-state index contributed by atoms with van der Waals surface area (Å²) in [6.07, 6.45) is 4.19. The van der Waals surface area contributed by atoms with Gasteiger partial charge in [-0.2, -0.15) is 0 Å². The van der Waals surface area contributed by atoms with Gasteiger partial charge in [-0.3, -0.25) is 0 Å². The molecule has 1 aromatic carbocycles. The van der Waals surface area contributed by atoms with Crippen molar-refractivity contribution in [3.8, 4) is 0 Å². The Hall–Kier alpha value is -0.900. The SMILES string of the molecule is CCOCc1ccccc1CNC1CCCCC1O. The summed E-state index contributed by atoms with van der Waals surface area (Å²) >= 11 is 0. The normalized spacial score (nSPS) is 23.5. The molecule has 2 rings (SSSR count). The molecule has 1 fully saturated rings. The van der Waals surface area contributed by atoms with Gasteiger partial charge in [0.15, 0.2) is 0 Å². The van der Waals surface area contributed by atoms with Crippen LogP contribution in [-0.2, 0) is 17.9 Å². The van der Waals surface area contributed by atoms with Crippen molar-refractivity contribution in [1.29, 1.82) is 0 Å². The van der Waals surface area contributed by atoms with Crippen LogP contribution in [0.5, 0.6) is 0 Å². The van der Waals surface area contributed by atoms with Gasteiger partial charge in [-0.25, -0.2) is 0 Å². The Bertz CT molecular complexity index is 381. The van der Waals surface area contributed by atoms with Gasteiger partial charge in [0.1, 0.15) is 0 Å². The zero-order valence-electron chi connectivity index (χ0n) is 11.8. The molecule has 0 bridgehead atoms. The van der Waals surface area contributed by atoms with Crippen molar-refractivity contribution in [1.82, 2.24) is 5.32 Å². The summed E-state index contributed by atoms with van der Waals surface area (Å²) in [5, 5.41) is 13.5. The average Bonchev–Trinajstić information content (AvgIpc) is 2.45. The van der Waals surface area contributed by atoms with Crippen molar-refractivity contribution in [3.63, 3.8) is 0 Å². The van der Waals surface area contributed by atoms with Gasteiger partial charge in [0.25, 0.3) is 0 Å². The molecule has 2 unspecified atom stereocenters. The van der Waals surface area contributed by atoms with Crippen LogP contribution in [0.25, 0.3) is 0 Å². The Labute approximate surface area is 116 Å². The molecule has 0 radical (unpaired) electrons. The van der Waals surface area contributed by atoms with E-state index >= 15 is 0 Å². The molecule has 1 saturated carbocycles. The van der Waals surface area contributed by atoms with E-state index < -0.39 is 0 Å². The third-order valence-corrected chi connectivity index (χ3v) is 3.86. The van der Waals surface area contributed by atoms with Crippen LogP contribution in [0, 0.1) is 0 Å². The van der Waals surface area contributed by atoms with E-state index in [1.807, 2.05) is 13.0 Å². The lowest BCUT2D eigenvalue weighted by atomic mass is 9.92. The Kier molecular flexibility index (Phi) is 5.83. The quantitative estimate of drug-likeness (QED) is 0.829. The monoisotopic (exact) mass is 263 g/mol. The van der Waals surface area contributed by atoms with Crippen LogP contribution in [0.2, 0.25) is 0 Å². The van der Waals surface area contributed by atoms with Crippen LogP contribution in [-0.4, -0.2) is 23.9 Å². The molecule has 3 nitrogen and oxygen atoms in total. The molecule has 0 aromatic heterocycles. The average molecular weight is 263 g/mol. The number of hydrogen-bond donors (Lipinski definition) is 2. The summed E-state index contributed by atoms with van der Waals surface area (Å²) in [4.78, 5) is 0. The van der Waals surface area contributed by atoms with Crippen molar-refractivity contribution in [3.05, 3.63) is 35.4 Å². The largest absolute Gasteiger partial charge is 0.392 e. The molecule has 2 atom stereocenters. The maximum absolute atomic E-state index is 9.97. The first-order valence-electron chi connectivity index (χ1n) is 7.37. The highest BCUT2D eigenvalue weighted by atomic mass is 16.5.